The van der Waals surface area contributed by atoms with Gasteiger partial charge in [0.15, 0.2) is 0 Å². The summed E-state index contributed by atoms with van der Waals surface area (Å²) in [5, 5.41) is 0.469. The minimum Gasteiger partial charge on any atom is -0.460 e. The fourth-order valence-corrected chi connectivity index (χ4v) is 7.22. The monoisotopic (exact) mass is 564 g/mol. The average molecular weight is 565 g/mol. The molecule has 1 unspecified atom stereocenters. The van der Waals surface area contributed by atoms with Gasteiger partial charge in [0.1, 0.15) is 0 Å². The molecule has 1 aliphatic rings. The van der Waals surface area contributed by atoms with Crippen molar-refractivity contribution in [2.75, 3.05) is 26.1 Å². The summed E-state index contributed by atoms with van der Waals surface area (Å²) in [5.74, 6) is 2.21. The van der Waals surface area contributed by atoms with E-state index < -0.39 is 13.3 Å². The van der Waals surface area contributed by atoms with Crippen molar-refractivity contribution in [3.05, 3.63) is 0 Å². The van der Waals surface area contributed by atoms with Crippen molar-refractivity contribution in [1.82, 2.24) is 0 Å². The summed E-state index contributed by atoms with van der Waals surface area (Å²) in [5.41, 5.74) is -1.22. The number of methoxy groups -OCH3 is 1. The minimum absolute atomic E-state index is 0.00885. The van der Waals surface area contributed by atoms with Crippen molar-refractivity contribution < 1.29 is 28.3 Å². The van der Waals surface area contributed by atoms with Crippen molar-refractivity contribution in [3.8, 4) is 0 Å². The Morgan fingerprint density at radius 1 is 0.919 bits per heavy atom. The maximum Gasteiger partial charge on any atom is 0.435 e. The van der Waals surface area contributed by atoms with Gasteiger partial charge in [-0.3, -0.25) is 0 Å². The first kappa shape index (κ1) is 35.0. The molecule has 0 aromatic rings. The topological polar surface area (TPSA) is 82.1 Å². The van der Waals surface area contributed by atoms with E-state index >= 15 is 0 Å². The molecule has 1 aliphatic carbocycles. The first-order valence-electron chi connectivity index (χ1n) is 15.2. The highest BCUT2D eigenvalue weighted by Gasteiger charge is 2.31. The molecule has 0 aromatic heterocycles. The van der Waals surface area contributed by atoms with E-state index in [2.05, 4.69) is 30.3 Å². The fraction of sp³-hybridized carbons (Fsp3) is 0.966. The Balaban J connectivity index is 2.20. The van der Waals surface area contributed by atoms with Crippen molar-refractivity contribution >= 4 is 25.1 Å². The van der Waals surface area contributed by atoms with Crippen molar-refractivity contribution in [2.45, 2.75) is 147 Å². The molecule has 1 rings (SSSR count). The summed E-state index contributed by atoms with van der Waals surface area (Å²) >= 11 is 2.05. The lowest BCUT2D eigenvalue weighted by atomic mass is 9.85. The van der Waals surface area contributed by atoms with E-state index in [9.17, 15) is 14.3 Å². The van der Waals surface area contributed by atoms with Gasteiger partial charge in [-0.15, -0.1) is 0 Å². The van der Waals surface area contributed by atoms with Crippen LogP contribution in [0.4, 0.5) is 4.79 Å². The summed E-state index contributed by atoms with van der Waals surface area (Å²) in [6.07, 6.45) is 25.1. The van der Waals surface area contributed by atoms with Gasteiger partial charge in [0.2, 0.25) is 0 Å². The zero-order valence-electron chi connectivity index (χ0n) is 24.1. The predicted molar refractivity (Wildman–Crippen MR) is 157 cm³/mol. The molecule has 1 N–H and O–H groups in total. The second kappa shape index (κ2) is 22.7. The van der Waals surface area contributed by atoms with Crippen LogP contribution in [0, 0.1) is 5.92 Å². The van der Waals surface area contributed by atoms with Crippen molar-refractivity contribution in [2.24, 2.45) is 5.92 Å². The normalized spacial score (nSPS) is 17.8. The third-order valence-corrected chi connectivity index (χ3v) is 10.3. The van der Waals surface area contributed by atoms with Crippen LogP contribution in [-0.4, -0.2) is 48.0 Å². The lowest BCUT2D eigenvalue weighted by Gasteiger charge is -2.24. The molecular formula is C29H57O6PS. The Labute approximate surface area is 232 Å². The molecular weight excluding hydrogens is 507 g/mol. The van der Waals surface area contributed by atoms with E-state index in [-0.39, 0.29) is 12.7 Å². The SMILES string of the molecule is CCCCCCC[C@@H](SCCCCCCCCC1CCCCC1)[C@H](C)OCCCOP(=O)(O)C(=O)OC. The van der Waals surface area contributed by atoms with Crippen LogP contribution in [0.1, 0.15) is 136 Å². The smallest absolute Gasteiger partial charge is 0.435 e. The third-order valence-electron chi connectivity index (χ3n) is 7.52. The van der Waals surface area contributed by atoms with E-state index in [1.165, 1.54) is 121 Å². The number of ether oxygens (including phenoxy) is 2. The van der Waals surface area contributed by atoms with E-state index in [1.54, 1.807) is 0 Å². The quantitative estimate of drug-likeness (QED) is 0.0923. The molecule has 37 heavy (non-hydrogen) atoms. The average Bonchev–Trinajstić information content (AvgIpc) is 2.90. The molecule has 0 amide bonds. The molecule has 0 aromatic carbocycles. The number of carbonyl (C=O) groups excluding carboxylic acids is 1. The van der Waals surface area contributed by atoms with E-state index in [4.69, 9.17) is 9.26 Å². The lowest BCUT2D eigenvalue weighted by molar-refractivity contribution is 0.0536. The van der Waals surface area contributed by atoms with Gasteiger partial charge < -0.3 is 18.9 Å². The van der Waals surface area contributed by atoms with Crippen LogP contribution < -0.4 is 0 Å². The second-order valence-electron chi connectivity index (χ2n) is 10.8. The molecule has 1 fully saturated rings. The molecule has 8 heteroatoms. The standard InChI is InChI=1S/C29H57O6PS/c1-4-5-6-9-16-22-28(26(2)34-23-18-24-35-36(31,32)29(30)33-3)37-25-17-11-8-7-10-13-19-27-20-14-12-15-21-27/h26-28H,4-25H2,1-3H3,(H,31,32)/t26-,28+/m0/s1. The zero-order chi connectivity index (χ0) is 27.2. The second-order valence-corrected chi connectivity index (χ2v) is 13.8. The van der Waals surface area contributed by atoms with Gasteiger partial charge in [-0.25, -0.2) is 9.36 Å². The number of hydrogen-bond acceptors (Lipinski definition) is 6. The van der Waals surface area contributed by atoms with E-state index in [0.29, 0.717) is 18.3 Å². The number of thioether (sulfide) groups is 1. The molecule has 0 radical (unpaired) electrons. The molecule has 0 aliphatic heterocycles. The minimum atomic E-state index is -4.35. The molecule has 220 valence electrons. The van der Waals surface area contributed by atoms with Crippen LogP contribution in [-0.2, 0) is 18.6 Å². The highest BCUT2D eigenvalue weighted by molar-refractivity contribution is 7.99. The van der Waals surface area contributed by atoms with Crippen LogP contribution in [0.15, 0.2) is 0 Å². The van der Waals surface area contributed by atoms with Crippen LogP contribution in [0.5, 0.6) is 0 Å². The molecule has 0 bridgehead atoms. The van der Waals surface area contributed by atoms with Gasteiger partial charge in [-0.1, -0.05) is 110 Å². The van der Waals surface area contributed by atoms with Gasteiger partial charge in [0.25, 0.3) is 0 Å². The van der Waals surface area contributed by atoms with E-state index in [0.717, 1.165) is 13.0 Å². The maximum absolute atomic E-state index is 11.7. The Morgan fingerprint density at radius 3 is 2.27 bits per heavy atom. The first-order chi connectivity index (χ1) is 17.9. The summed E-state index contributed by atoms with van der Waals surface area (Å²) in [6, 6.07) is 0. The van der Waals surface area contributed by atoms with Gasteiger partial charge >= 0.3 is 13.3 Å². The third kappa shape index (κ3) is 18.0. The number of rotatable bonds is 24. The summed E-state index contributed by atoms with van der Waals surface area (Å²) in [4.78, 5) is 20.7. The predicted octanol–water partition coefficient (Wildman–Crippen LogP) is 9.52. The van der Waals surface area contributed by atoms with Gasteiger partial charge in [-0.05, 0) is 37.9 Å². The fourth-order valence-electron chi connectivity index (χ4n) is 5.15. The molecule has 3 atom stereocenters. The summed E-state index contributed by atoms with van der Waals surface area (Å²) in [7, 11) is -3.28. The molecule has 1 saturated carbocycles. The van der Waals surface area contributed by atoms with Crippen molar-refractivity contribution in [3.63, 3.8) is 0 Å². The number of carbonyl (C=O) groups is 1. The van der Waals surface area contributed by atoms with Crippen LogP contribution in [0.25, 0.3) is 0 Å². The van der Waals surface area contributed by atoms with Gasteiger partial charge in [0.05, 0.1) is 19.8 Å². The number of hydrogen-bond donors (Lipinski definition) is 1. The summed E-state index contributed by atoms with van der Waals surface area (Å²) in [6.45, 7) is 4.82. The van der Waals surface area contributed by atoms with Crippen LogP contribution in [0.3, 0.4) is 0 Å². The Bertz CT molecular complexity index is 599. The highest BCUT2D eigenvalue weighted by atomic mass is 32.2. The maximum atomic E-state index is 11.7. The first-order valence-corrected chi connectivity index (χ1v) is 17.8. The Kier molecular flexibility index (Phi) is 21.5. The molecule has 0 spiro atoms. The van der Waals surface area contributed by atoms with Gasteiger partial charge in [0, 0.05) is 11.9 Å². The highest BCUT2D eigenvalue weighted by Crippen LogP contribution is 2.43. The molecule has 0 saturated heterocycles. The van der Waals surface area contributed by atoms with Crippen LogP contribution in [0.2, 0.25) is 0 Å². The Hall–Kier alpha value is -0.0700. The summed E-state index contributed by atoms with van der Waals surface area (Å²) < 4.78 is 26.9. The van der Waals surface area contributed by atoms with Gasteiger partial charge in [-0.2, -0.15) is 11.8 Å². The largest absolute Gasteiger partial charge is 0.460 e. The Morgan fingerprint density at radius 2 is 1.57 bits per heavy atom. The molecule has 0 heterocycles. The number of unbranched alkanes of at least 4 members (excludes halogenated alkanes) is 9. The molecule has 6 nitrogen and oxygen atoms in total. The van der Waals surface area contributed by atoms with Crippen molar-refractivity contribution in [1.29, 1.82) is 0 Å². The van der Waals surface area contributed by atoms with E-state index in [1.807, 2.05) is 0 Å². The lowest BCUT2D eigenvalue weighted by Crippen LogP contribution is -2.25. The van der Waals surface area contributed by atoms with Crippen LogP contribution >= 0.6 is 19.4 Å². The zero-order valence-corrected chi connectivity index (χ0v) is 25.8.